The van der Waals surface area contributed by atoms with Crippen LogP contribution in [0.1, 0.15) is 39.2 Å². The van der Waals surface area contributed by atoms with E-state index in [0.717, 1.165) is 15.5 Å². The monoisotopic (exact) mass is 669 g/mol. The number of hydrogen-bond donors (Lipinski definition) is 2. The summed E-state index contributed by atoms with van der Waals surface area (Å²) >= 11 is 0. The number of aromatic amines is 1. The molecule has 0 aliphatic carbocycles. The van der Waals surface area contributed by atoms with Gasteiger partial charge in [0.05, 0.1) is 18.9 Å². The molecule has 0 saturated carbocycles. The van der Waals surface area contributed by atoms with Crippen molar-refractivity contribution in [2.75, 3.05) is 13.2 Å². The van der Waals surface area contributed by atoms with Gasteiger partial charge in [0.15, 0.2) is 0 Å². The van der Waals surface area contributed by atoms with Crippen LogP contribution in [-0.4, -0.2) is 56.7 Å². The number of hydrogen-bond acceptors (Lipinski definition) is 9. The fraction of sp³-hybridized carbons (Fsp3) is 0.364. The van der Waals surface area contributed by atoms with Crippen molar-refractivity contribution in [2.24, 2.45) is 0 Å². The third-order valence-corrected chi connectivity index (χ3v) is 10.2. The Balaban J connectivity index is 0.00000433. The minimum atomic E-state index is -4.35. The molecule has 2 aliphatic heterocycles. The van der Waals surface area contributed by atoms with Gasteiger partial charge >= 0.3 is 19.4 Å². The van der Waals surface area contributed by atoms with E-state index in [1.165, 1.54) is 11.6 Å². The molecule has 2 saturated heterocycles. The topological polar surface area (TPSA) is 149 Å². The van der Waals surface area contributed by atoms with E-state index >= 15 is 0 Å². The van der Waals surface area contributed by atoms with Crippen molar-refractivity contribution >= 4 is 24.5 Å². The number of benzene rings is 3. The maximum Gasteiger partial charge on any atom is 0.462 e. The second-order valence-electron chi connectivity index (χ2n) is 11.5. The number of H-pyrrole nitrogens is 1. The van der Waals surface area contributed by atoms with Gasteiger partial charge in [0, 0.05) is 18.4 Å². The van der Waals surface area contributed by atoms with Gasteiger partial charge in [-0.1, -0.05) is 74.2 Å². The molecule has 3 aromatic carbocycles. The van der Waals surface area contributed by atoms with E-state index < -0.39 is 61.4 Å². The number of carbonyl (C=O) groups excluding carboxylic acids is 1. The van der Waals surface area contributed by atoms with Gasteiger partial charge in [-0.05, 0) is 36.8 Å². The zero-order valence-electron chi connectivity index (χ0n) is 24.9. The summed E-state index contributed by atoms with van der Waals surface area (Å²) in [5.74, 6) is -1.53. The first-order chi connectivity index (χ1) is 22.1. The van der Waals surface area contributed by atoms with Gasteiger partial charge in [-0.3, -0.25) is 23.7 Å². The van der Waals surface area contributed by atoms with Gasteiger partial charge < -0.3 is 19.1 Å². The second kappa shape index (κ2) is 13.9. The van der Waals surface area contributed by atoms with E-state index in [4.69, 9.17) is 18.5 Å². The molecule has 1 aromatic heterocycles. The molecule has 0 radical (unpaired) electrons. The minimum absolute atomic E-state index is 0. The largest absolute Gasteiger partial charge is 0.462 e. The molecule has 0 amide bonds. The predicted molar refractivity (Wildman–Crippen MR) is 171 cm³/mol. The van der Waals surface area contributed by atoms with Crippen molar-refractivity contribution in [3.05, 3.63) is 111 Å². The predicted octanol–water partition coefficient (Wildman–Crippen LogP) is 4.70. The van der Waals surface area contributed by atoms with Crippen molar-refractivity contribution in [1.29, 1.82) is 0 Å². The first kappa shape index (κ1) is 34.2. The smallest absolute Gasteiger partial charge is 0.460 e. The van der Waals surface area contributed by atoms with Crippen molar-refractivity contribution in [2.45, 2.75) is 64.2 Å². The van der Waals surface area contributed by atoms with E-state index in [0.29, 0.717) is 24.4 Å². The summed E-state index contributed by atoms with van der Waals surface area (Å²) in [6, 6.07) is 20.8. The number of aromatic nitrogens is 2. The number of aliphatic hydroxyl groups excluding tert-OH is 1. The number of carbonyl (C=O) groups is 1. The quantitative estimate of drug-likeness (QED) is 0.180. The van der Waals surface area contributed by atoms with Crippen LogP contribution in [0.4, 0.5) is 4.39 Å². The molecule has 4 aromatic rings. The van der Waals surface area contributed by atoms with Crippen LogP contribution in [0, 0.1) is 5.82 Å². The van der Waals surface area contributed by atoms with Gasteiger partial charge in [-0.2, -0.15) is 9.06 Å². The molecular weight excluding hydrogens is 632 g/mol. The molecule has 2 N–H and O–H groups in total. The molecule has 0 bridgehead atoms. The molecule has 14 heteroatoms. The lowest BCUT2D eigenvalue weighted by atomic mass is 10.1. The van der Waals surface area contributed by atoms with Crippen LogP contribution in [0.3, 0.4) is 0 Å². The Morgan fingerprint density at radius 3 is 2.62 bits per heavy atom. The molecule has 3 heterocycles. The second-order valence-corrected chi connectivity index (χ2v) is 13.3. The average molecular weight is 670 g/mol. The third kappa shape index (κ3) is 7.09. The van der Waals surface area contributed by atoms with E-state index in [-0.39, 0.29) is 32.7 Å². The van der Waals surface area contributed by atoms with Crippen LogP contribution >= 0.6 is 7.75 Å². The number of ether oxygens (including phenoxy) is 2. The summed E-state index contributed by atoms with van der Waals surface area (Å²) < 4.78 is 54.9. The fourth-order valence-corrected chi connectivity index (χ4v) is 7.89. The summed E-state index contributed by atoms with van der Waals surface area (Å²) in [5, 5.41) is 12.4. The van der Waals surface area contributed by atoms with Gasteiger partial charge in [-0.25, -0.2) is 9.36 Å². The highest BCUT2D eigenvalue weighted by atomic mass is 31.2. The summed E-state index contributed by atoms with van der Waals surface area (Å²) in [7, 11) is -4.35. The summed E-state index contributed by atoms with van der Waals surface area (Å²) in [4.78, 5) is 39.2. The van der Waals surface area contributed by atoms with E-state index in [1.54, 1.807) is 18.2 Å². The highest BCUT2D eigenvalue weighted by molar-refractivity contribution is 7.51. The Morgan fingerprint density at radius 2 is 1.83 bits per heavy atom. The number of aliphatic hydroxyl groups is 1. The first-order valence-electron chi connectivity index (χ1n) is 14.8. The number of esters is 1. The summed E-state index contributed by atoms with van der Waals surface area (Å²) in [6.07, 6.45) is -0.967. The lowest BCUT2D eigenvalue weighted by molar-refractivity contribution is -0.149. The van der Waals surface area contributed by atoms with Gasteiger partial charge in [0.1, 0.15) is 30.2 Å². The number of fused-ring (bicyclic) bond motifs is 1. The van der Waals surface area contributed by atoms with E-state index in [9.17, 15) is 28.4 Å². The third-order valence-electron chi connectivity index (χ3n) is 8.23. The molecule has 5 atom stereocenters. The standard InChI is InChI=1S/C32H33FN3O9P.CH4/c1-32(35-18-24(33)29(38)34-31(35)40)17-26(37)28(44-32)20-43-46(41,45-27-15-7-12-22-11-5-6-13-23(22)27)36-16-8-14-25(36)30(39)42-19-21-9-3-2-4-10-21;/h2-7,9-13,15,18,25-26,28,37H,8,14,16-17,19-20H2,1H3,(H,34,38,40);1H4/t25?,26?,28-,32-,46?;/m1./s1. The summed E-state index contributed by atoms with van der Waals surface area (Å²) in [5.41, 5.74) is -2.88. The van der Waals surface area contributed by atoms with Crippen LogP contribution in [0.15, 0.2) is 88.6 Å². The highest BCUT2D eigenvalue weighted by Crippen LogP contribution is 2.56. The van der Waals surface area contributed by atoms with Crippen LogP contribution in [0.25, 0.3) is 10.8 Å². The van der Waals surface area contributed by atoms with Crippen molar-refractivity contribution in [3.63, 3.8) is 0 Å². The number of nitrogens with one attached hydrogen (secondary N) is 1. The zero-order valence-corrected chi connectivity index (χ0v) is 25.8. The summed E-state index contributed by atoms with van der Waals surface area (Å²) in [6.45, 7) is 1.21. The molecule has 2 aliphatic rings. The molecule has 12 nitrogen and oxygen atoms in total. The van der Waals surface area contributed by atoms with Crippen LogP contribution in [-0.2, 0) is 35.7 Å². The Labute approximate surface area is 270 Å². The Bertz CT molecular complexity index is 1900. The van der Waals surface area contributed by atoms with Crippen LogP contribution < -0.4 is 15.8 Å². The molecular formula is C33H37FN3O9P. The molecule has 47 heavy (non-hydrogen) atoms. The van der Waals surface area contributed by atoms with Crippen LogP contribution in [0.2, 0.25) is 0 Å². The fourth-order valence-electron chi connectivity index (χ4n) is 5.90. The zero-order chi connectivity index (χ0) is 32.5. The Kier molecular flexibility index (Phi) is 10.1. The van der Waals surface area contributed by atoms with Crippen molar-refractivity contribution < 1.29 is 37.4 Å². The Morgan fingerprint density at radius 1 is 1.11 bits per heavy atom. The maximum absolute atomic E-state index is 14.8. The Hall–Kier alpha value is -4.13. The first-order valence-corrected chi connectivity index (χ1v) is 16.3. The van der Waals surface area contributed by atoms with Gasteiger partial charge in [0.2, 0.25) is 5.82 Å². The normalized spacial score (nSPS) is 24.0. The lowest BCUT2D eigenvalue weighted by Crippen LogP contribution is -2.43. The van der Waals surface area contributed by atoms with E-state index in [2.05, 4.69) is 0 Å². The van der Waals surface area contributed by atoms with E-state index in [1.807, 2.05) is 59.6 Å². The van der Waals surface area contributed by atoms with Gasteiger partial charge in [0.25, 0.3) is 5.56 Å². The molecule has 250 valence electrons. The number of halogens is 1. The minimum Gasteiger partial charge on any atom is -0.460 e. The molecule has 6 rings (SSSR count). The lowest BCUT2D eigenvalue weighted by Gasteiger charge is -2.32. The number of rotatable bonds is 10. The van der Waals surface area contributed by atoms with Crippen LogP contribution in [0.5, 0.6) is 5.75 Å². The van der Waals surface area contributed by atoms with Crippen molar-refractivity contribution in [1.82, 2.24) is 14.2 Å². The molecule has 0 spiro atoms. The molecule has 2 fully saturated rings. The highest BCUT2D eigenvalue weighted by Gasteiger charge is 2.50. The SMILES string of the molecule is C.C[C@]1(n2cc(F)c(=O)[nH]c2=O)CC(O)[C@@H](COP(=O)(Oc2cccc3ccccc23)N2CCCC2C(=O)OCc2ccccc2)O1. The van der Waals surface area contributed by atoms with Crippen molar-refractivity contribution in [3.8, 4) is 5.75 Å². The molecule has 3 unspecified atom stereocenters. The van der Waals surface area contributed by atoms with Gasteiger partial charge in [-0.15, -0.1) is 0 Å². The average Bonchev–Trinajstić information content (AvgIpc) is 3.66. The number of nitrogens with zero attached hydrogens (tertiary/aromatic N) is 2. The maximum atomic E-state index is 14.8.